The highest BCUT2D eigenvalue weighted by Crippen LogP contribution is 2.30. The van der Waals surface area contributed by atoms with Crippen molar-refractivity contribution in [2.24, 2.45) is 0 Å². The molecule has 1 aromatic heterocycles. The fourth-order valence-electron chi connectivity index (χ4n) is 1.10. The highest BCUT2D eigenvalue weighted by molar-refractivity contribution is 14.1. The Morgan fingerprint density at radius 3 is 2.75 bits per heavy atom. The van der Waals surface area contributed by atoms with Crippen LogP contribution in [0.15, 0.2) is 6.20 Å². The molecule has 1 rings (SSSR count). The molecule has 1 heterocycles. The molecule has 0 spiro atoms. The van der Waals surface area contributed by atoms with Crippen molar-refractivity contribution < 1.29 is 13.7 Å². The van der Waals surface area contributed by atoms with Gasteiger partial charge in [-0.05, 0) is 32.5 Å². The van der Waals surface area contributed by atoms with E-state index in [0.717, 1.165) is 6.20 Å². The van der Waals surface area contributed by atoms with Crippen molar-refractivity contribution in [2.75, 3.05) is 0 Å². The normalized spacial score (nSPS) is 10.2. The van der Waals surface area contributed by atoms with Gasteiger partial charge in [0.15, 0.2) is 0 Å². The van der Waals surface area contributed by atoms with Crippen molar-refractivity contribution in [3.8, 4) is 6.07 Å². The quantitative estimate of drug-likeness (QED) is 0.482. The zero-order valence-electron chi connectivity index (χ0n) is 7.65. The lowest BCUT2D eigenvalue weighted by molar-refractivity contribution is -0.390. The number of rotatable bonds is 3. The molecule has 16 heavy (non-hydrogen) atoms. The average Bonchev–Trinajstić information content (AvgIpc) is 2.20. The third kappa shape index (κ3) is 2.41. The Balaban J connectivity index is 3.42. The standard InChI is InChI=1S/C8H4F2IN3O2/c9-7(10)5-3-13-8(14(15)16)6(11)4(5)1-2-12/h3,7H,1H2. The van der Waals surface area contributed by atoms with Crippen molar-refractivity contribution in [2.45, 2.75) is 12.8 Å². The third-order valence-electron chi connectivity index (χ3n) is 1.80. The van der Waals surface area contributed by atoms with Gasteiger partial charge < -0.3 is 10.1 Å². The summed E-state index contributed by atoms with van der Waals surface area (Å²) < 4.78 is 25.1. The summed E-state index contributed by atoms with van der Waals surface area (Å²) in [4.78, 5) is 13.1. The van der Waals surface area contributed by atoms with Gasteiger partial charge in [-0.2, -0.15) is 5.26 Å². The number of nitrogens with zero attached hydrogens (tertiary/aromatic N) is 3. The molecule has 0 fully saturated rings. The Hall–Kier alpha value is -1.37. The summed E-state index contributed by atoms with van der Waals surface area (Å²) in [6.07, 6.45) is -2.36. The van der Waals surface area contributed by atoms with Crippen LogP contribution < -0.4 is 0 Å². The molecular weight excluding hydrogens is 335 g/mol. The molecule has 0 aliphatic rings. The predicted octanol–water partition coefficient (Wildman–Crippen LogP) is 2.60. The summed E-state index contributed by atoms with van der Waals surface area (Å²) >= 11 is 1.55. The monoisotopic (exact) mass is 339 g/mol. The Morgan fingerprint density at radius 2 is 2.31 bits per heavy atom. The van der Waals surface area contributed by atoms with Gasteiger partial charge in [-0.3, -0.25) is 0 Å². The maximum absolute atomic E-state index is 12.5. The van der Waals surface area contributed by atoms with Crippen LogP contribution in [0.25, 0.3) is 0 Å². The van der Waals surface area contributed by atoms with E-state index in [0.29, 0.717) is 0 Å². The van der Waals surface area contributed by atoms with Crippen molar-refractivity contribution in [3.05, 3.63) is 31.0 Å². The topological polar surface area (TPSA) is 79.8 Å². The summed E-state index contributed by atoms with van der Waals surface area (Å²) in [5.74, 6) is -0.504. The second kappa shape index (κ2) is 5.11. The van der Waals surface area contributed by atoms with Gasteiger partial charge in [0, 0.05) is 5.56 Å². The number of nitro groups is 1. The Kier molecular flexibility index (Phi) is 4.05. The number of hydrogen-bond acceptors (Lipinski definition) is 4. The summed E-state index contributed by atoms with van der Waals surface area (Å²) in [7, 11) is 0. The summed E-state index contributed by atoms with van der Waals surface area (Å²) in [5.41, 5.74) is -0.462. The van der Waals surface area contributed by atoms with E-state index < -0.39 is 22.7 Å². The zero-order chi connectivity index (χ0) is 12.3. The van der Waals surface area contributed by atoms with Gasteiger partial charge in [-0.25, -0.2) is 8.78 Å². The summed E-state index contributed by atoms with van der Waals surface area (Å²) in [6, 6.07) is 1.70. The van der Waals surface area contributed by atoms with E-state index >= 15 is 0 Å². The van der Waals surface area contributed by atoms with Crippen LogP contribution in [-0.2, 0) is 6.42 Å². The predicted molar refractivity (Wildman–Crippen MR) is 57.9 cm³/mol. The molecule has 0 amide bonds. The van der Waals surface area contributed by atoms with E-state index in [1.165, 1.54) is 0 Å². The van der Waals surface area contributed by atoms with Crippen molar-refractivity contribution in [1.82, 2.24) is 4.98 Å². The smallest absolute Gasteiger partial charge is 0.358 e. The van der Waals surface area contributed by atoms with Crippen LogP contribution in [0, 0.1) is 25.0 Å². The lowest BCUT2D eigenvalue weighted by Crippen LogP contribution is -2.04. The maximum Gasteiger partial charge on any atom is 0.377 e. The van der Waals surface area contributed by atoms with Gasteiger partial charge in [0.25, 0.3) is 6.43 Å². The van der Waals surface area contributed by atoms with Crippen LogP contribution in [0.4, 0.5) is 14.6 Å². The van der Waals surface area contributed by atoms with Crippen LogP contribution in [0.1, 0.15) is 17.6 Å². The third-order valence-corrected chi connectivity index (χ3v) is 2.93. The van der Waals surface area contributed by atoms with E-state index in [-0.39, 0.29) is 15.6 Å². The fraction of sp³-hybridized carbons (Fsp3) is 0.250. The Morgan fingerprint density at radius 1 is 1.69 bits per heavy atom. The van der Waals surface area contributed by atoms with Crippen LogP contribution >= 0.6 is 22.6 Å². The molecule has 0 aliphatic heterocycles. The first-order chi connectivity index (χ1) is 7.49. The summed E-state index contributed by atoms with van der Waals surface area (Å²) in [6.45, 7) is 0. The first-order valence-corrected chi connectivity index (χ1v) is 5.03. The minimum atomic E-state index is -2.80. The summed E-state index contributed by atoms with van der Waals surface area (Å²) in [5, 5.41) is 19.0. The lowest BCUT2D eigenvalue weighted by Gasteiger charge is -2.06. The maximum atomic E-state index is 12.5. The molecule has 0 radical (unpaired) electrons. The van der Waals surface area contributed by atoms with Gasteiger partial charge in [-0.1, -0.05) is 0 Å². The van der Waals surface area contributed by atoms with Crippen LogP contribution in [0.3, 0.4) is 0 Å². The minimum absolute atomic E-state index is 0.0121. The van der Waals surface area contributed by atoms with E-state index in [4.69, 9.17) is 5.26 Å². The number of halogens is 3. The second-order valence-corrected chi connectivity index (χ2v) is 3.80. The highest BCUT2D eigenvalue weighted by atomic mass is 127. The molecule has 0 saturated carbocycles. The molecule has 1 aromatic rings. The van der Waals surface area contributed by atoms with Gasteiger partial charge in [0.2, 0.25) is 0 Å². The number of hydrogen-bond donors (Lipinski definition) is 0. The van der Waals surface area contributed by atoms with Crippen molar-refractivity contribution in [1.29, 1.82) is 5.26 Å². The van der Waals surface area contributed by atoms with Crippen LogP contribution in [-0.4, -0.2) is 9.91 Å². The lowest BCUT2D eigenvalue weighted by atomic mass is 10.1. The largest absolute Gasteiger partial charge is 0.377 e. The molecule has 0 aromatic carbocycles. The van der Waals surface area contributed by atoms with E-state index in [2.05, 4.69) is 4.98 Å². The number of aromatic nitrogens is 1. The zero-order valence-corrected chi connectivity index (χ0v) is 9.81. The molecule has 0 atom stereocenters. The fourth-order valence-corrected chi connectivity index (χ4v) is 1.94. The molecule has 0 saturated heterocycles. The Labute approximate surface area is 102 Å². The SMILES string of the molecule is N#CCc1c(C(F)F)cnc([N+](=O)[O-])c1I. The van der Waals surface area contributed by atoms with E-state index in [9.17, 15) is 18.9 Å². The van der Waals surface area contributed by atoms with Gasteiger partial charge in [-0.15, -0.1) is 0 Å². The van der Waals surface area contributed by atoms with Crippen LogP contribution in [0.2, 0.25) is 0 Å². The van der Waals surface area contributed by atoms with Gasteiger partial charge >= 0.3 is 5.82 Å². The Bertz CT molecular complexity index is 473. The van der Waals surface area contributed by atoms with E-state index in [1.807, 2.05) is 0 Å². The molecule has 84 valence electrons. The van der Waals surface area contributed by atoms with Crippen LogP contribution in [0.5, 0.6) is 0 Å². The highest BCUT2D eigenvalue weighted by Gasteiger charge is 2.24. The molecule has 5 nitrogen and oxygen atoms in total. The molecular formula is C8H4F2IN3O2. The van der Waals surface area contributed by atoms with Crippen molar-refractivity contribution >= 4 is 28.4 Å². The molecule has 0 N–H and O–H groups in total. The molecule has 8 heteroatoms. The minimum Gasteiger partial charge on any atom is -0.358 e. The van der Waals surface area contributed by atoms with Crippen molar-refractivity contribution in [3.63, 3.8) is 0 Å². The van der Waals surface area contributed by atoms with E-state index in [1.54, 1.807) is 28.7 Å². The number of nitriles is 1. The molecule has 0 unspecified atom stereocenters. The first kappa shape index (κ1) is 12.7. The first-order valence-electron chi connectivity index (χ1n) is 3.95. The van der Waals surface area contributed by atoms with Gasteiger partial charge in [0.1, 0.15) is 9.77 Å². The average molecular weight is 339 g/mol. The number of alkyl halides is 2. The molecule has 0 bridgehead atoms. The number of pyridine rings is 1. The second-order valence-electron chi connectivity index (χ2n) is 2.72. The van der Waals surface area contributed by atoms with Gasteiger partial charge in [0.05, 0.1) is 18.1 Å². The molecule has 0 aliphatic carbocycles.